The molecule has 0 spiro atoms. The normalized spacial score (nSPS) is 25.1. The summed E-state index contributed by atoms with van der Waals surface area (Å²) in [5.41, 5.74) is 0.759. The molecule has 0 saturated carbocycles. The minimum atomic E-state index is -0.911. The molecule has 0 heterocycles. The van der Waals surface area contributed by atoms with Crippen LogP contribution < -0.4 is 0 Å². The van der Waals surface area contributed by atoms with E-state index >= 15 is 0 Å². The number of rotatable bonds is 2. The van der Waals surface area contributed by atoms with Crippen LogP contribution in [-0.2, 0) is 9.53 Å². The zero-order valence-electron chi connectivity index (χ0n) is 13.2. The fraction of sp³-hybridized carbons (Fsp3) is 0.500. The van der Waals surface area contributed by atoms with Crippen LogP contribution in [0.3, 0.4) is 0 Å². The highest BCUT2D eigenvalue weighted by molar-refractivity contribution is 5.72. The molecule has 1 aromatic rings. The Morgan fingerprint density at radius 3 is 2.71 bits per heavy atom. The maximum atomic E-state index is 12.1. The van der Waals surface area contributed by atoms with Crippen molar-refractivity contribution in [3.63, 3.8) is 0 Å². The van der Waals surface area contributed by atoms with Crippen LogP contribution in [0.4, 0.5) is 0 Å². The van der Waals surface area contributed by atoms with E-state index in [1.807, 2.05) is 51.1 Å². The van der Waals surface area contributed by atoms with Gasteiger partial charge in [-0.1, -0.05) is 36.4 Å². The number of fused-ring (bicyclic) bond motifs is 1. The zero-order valence-corrected chi connectivity index (χ0v) is 13.2. The van der Waals surface area contributed by atoms with E-state index < -0.39 is 11.2 Å². The molecule has 0 bridgehead atoms. The van der Waals surface area contributed by atoms with Gasteiger partial charge >= 0.3 is 5.97 Å². The second-order valence-corrected chi connectivity index (χ2v) is 7.01. The fourth-order valence-corrected chi connectivity index (χ4v) is 2.75. The molecule has 21 heavy (non-hydrogen) atoms. The monoisotopic (exact) mass is 288 g/mol. The van der Waals surface area contributed by atoms with Crippen molar-refractivity contribution in [1.82, 2.24) is 0 Å². The SMILES string of the molecule is CC1(O)C=Cc2ccccc2C(CC(=O)OC(C)(C)C)C1. The third-order valence-corrected chi connectivity index (χ3v) is 3.55. The molecule has 2 atom stereocenters. The molecule has 0 fully saturated rings. The summed E-state index contributed by atoms with van der Waals surface area (Å²) in [7, 11) is 0. The first-order chi connectivity index (χ1) is 9.66. The van der Waals surface area contributed by atoms with E-state index in [9.17, 15) is 9.90 Å². The average Bonchev–Trinajstić information content (AvgIpc) is 2.45. The number of carbonyl (C=O) groups is 1. The molecule has 0 aromatic heterocycles. The van der Waals surface area contributed by atoms with Crippen molar-refractivity contribution in [2.75, 3.05) is 0 Å². The van der Waals surface area contributed by atoms with Crippen LogP contribution >= 0.6 is 0 Å². The van der Waals surface area contributed by atoms with E-state index in [1.165, 1.54) is 0 Å². The summed E-state index contributed by atoms with van der Waals surface area (Å²) in [5, 5.41) is 10.4. The van der Waals surface area contributed by atoms with Crippen molar-refractivity contribution in [1.29, 1.82) is 0 Å². The van der Waals surface area contributed by atoms with Gasteiger partial charge in [0.25, 0.3) is 0 Å². The Hall–Kier alpha value is -1.61. The molecule has 0 radical (unpaired) electrons. The van der Waals surface area contributed by atoms with Crippen LogP contribution in [0.15, 0.2) is 30.3 Å². The Morgan fingerprint density at radius 1 is 1.38 bits per heavy atom. The molecular formula is C18H24O3. The van der Waals surface area contributed by atoms with Gasteiger partial charge in [0.1, 0.15) is 5.60 Å². The molecule has 1 aliphatic carbocycles. The van der Waals surface area contributed by atoms with Crippen molar-refractivity contribution < 1.29 is 14.6 Å². The molecule has 0 saturated heterocycles. The number of hydrogen-bond donors (Lipinski definition) is 1. The van der Waals surface area contributed by atoms with Gasteiger partial charge in [0, 0.05) is 0 Å². The highest BCUT2D eigenvalue weighted by atomic mass is 16.6. The van der Waals surface area contributed by atoms with E-state index in [-0.39, 0.29) is 18.3 Å². The Kier molecular flexibility index (Phi) is 4.24. The van der Waals surface area contributed by atoms with Gasteiger partial charge in [0.15, 0.2) is 0 Å². The summed E-state index contributed by atoms with van der Waals surface area (Å²) in [6.45, 7) is 7.37. The van der Waals surface area contributed by atoms with Crippen LogP contribution in [0.5, 0.6) is 0 Å². The van der Waals surface area contributed by atoms with Gasteiger partial charge in [-0.2, -0.15) is 0 Å². The zero-order chi connectivity index (χ0) is 15.7. The summed E-state index contributed by atoms with van der Waals surface area (Å²) in [4.78, 5) is 12.1. The van der Waals surface area contributed by atoms with E-state index in [0.717, 1.165) is 11.1 Å². The number of aliphatic hydroxyl groups is 1. The van der Waals surface area contributed by atoms with Crippen LogP contribution in [0.25, 0.3) is 6.08 Å². The van der Waals surface area contributed by atoms with Gasteiger partial charge in [0.05, 0.1) is 12.0 Å². The van der Waals surface area contributed by atoms with Crippen LogP contribution in [0.1, 0.15) is 57.6 Å². The molecule has 3 heteroatoms. The second kappa shape index (κ2) is 5.64. The van der Waals surface area contributed by atoms with Gasteiger partial charge < -0.3 is 9.84 Å². The molecule has 2 unspecified atom stereocenters. The van der Waals surface area contributed by atoms with Crippen molar-refractivity contribution in [2.24, 2.45) is 0 Å². The Balaban J connectivity index is 2.24. The molecule has 0 amide bonds. The molecule has 114 valence electrons. The largest absolute Gasteiger partial charge is 0.460 e. The van der Waals surface area contributed by atoms with Crippen LogP contribution in [0, 0.1) is 0 Å². The summed E-state index contributed by atoms with van der Waals surface area (Å²) >= 11 is 0. The summed E-state index contributed by atoms with van der Waals surface area (Å²) < 4.78 is 5.42. The Morgan fingerprint density at radius 2 is 2.05 bits per heavy atom. The quantitative estimate of drug-likeness (QED) is 0.845. The van der Waals surface area contributed by atoms with Crippen molar-refractivity contribution in [3.05, 3.63) is 41.5 Å². The van der Waals surface area contributed by atoms with E-state index in [0.29, 0.717) is 6.42 Å². The van der Waals surface area contributed by atoms with Crippen molar-refractivity contribution in [3.8, 4) is 0 Å². The fourth-order valence-electron chi connectivity index (χ4n) is 2.75. The van der Waals surface area contributed by atoms with Crippen LogP contribution in [0.2, 0.25) is 0 Å². The first-order valence-corrected chi connectivity index (χ1v) is 7.39. The first kappa shape index (κ1) is 15.8. The second-order valence-electron chi connectivity index (χ2n) is 7.01. The number of hydrogen-bond acceptors (Lipinski definition) is 3. The highest BCUT2D eigenvalue weighted by Crippen LogP contribution is 2.36. The number of benzene rings is 1. The summed E-state index contributed by atoms with van der Waals surface area (Å²) in [6.07, 6.45) is 4.54. The average molecular weight is 288 g/mol. The number of esters is 1. The predicted octanol–water partition coefficient (Wildman–Crippen LogP) is 3.67. The lowest BCUT2D eigenvalue weighted by Crippen LogP contribution is -2.28. The predicted molar refractivity (Wildman–Crippen MR) is 83.9 cm³/mol. The highest BCUT2D eigenvalue weighted by Gasteiger charge is 2.30. The standard InChI is InChI=1S/C18H24O3/c1-17(2,3)21-16(19)11-14-12-18(4,20)10-9-13-7-5-6-8-15(13)14/h5-10,14,20H,11-12H2,1-4H3. The van der Waals surface area contributed by atoms with Gasteiger partial charge in [-0.05, 0) is 51.2 Å². The van der Waals surface area contributed by atoms with Gasteiger partial charge in [0.2, 0.25) is 0 Å². The lowest BCUT2D eigenvalue weighted by Gasteiger charge is -2.26. The molecule has 0 aliphatic heterocycles. The smallest absolute Gasteiger partial charge is 0.306 e. The third-order valence-electron chi connectivity index (χ3n) is 3.55. The maximum absolute atomic E-state index is 12.1. The minimum Gasteiger partial charge on any atom is -0.460 e. The lowest BCUT2D eigenvalue weighted by atomic mass is 9.85. The van der Waals surface area contributed by atoms with Gasteiger partial charge in [-0.3, -0.25) is 4.79 Å². The molecule has 1 aliphatic rings. The van der Waals surface area contributed by atoms with E-state index in [4.69, 9.17) is 4.74 Å². The Labute approximate surface area is 126 Å². The molecule has 1 aromatic carbocycles. The Bertz CT molecular complexity index is 550. The first-order valence-electron chi connectivity index (χ1n) is 7.39. The van der Waals surface area contributed by atoms with E-state index in [1.54, 1.807) is 13.0 Å². The van der Waals surface area contributed by atoms with Gasteiger partial charge in [-0.25, -0.2) is 0 Å². The topological polar surface area (TPSA) is 46.5 Å². The van der Waals surface area contributed by atoms with E-state index in [2.05, 4.69) is 0 Å². The molecule has 3 nitrogen and oxygen atoms in total. The third kappa shape index (κ3) is 4.43. The molecule has 1 N–H and O–H groups in total. The summed E-state index contributed by atoms with van der Waals surface area (Å²) in [5.74, 6) is -0.263. The van der Waals surface area contributed by atoms with Crippen molar-refractivity contribution in [2.45, 2.75) is 57.7 Å². The van der Waals surface area contributed by atoms with Crippen LogP contribution in [-0.4, -0.2) is 22.3 Å². The summed E-state index contributed by atoms with van der Waals surface area (Å²) in [6, 6.07) is 7.97. The number of ether oxygens (including phenoxy) is 1. The molecular weight excluding hydrogens is 264 g/mol. The minimum absolute atomic E-state index is 0.0407. The lowest BCUT2D eigenvalue weighted by molar-refractivity contribution is -0.155. The molecule has 2 rings (SSSR count). The number of carbonyl (C=O) groups excluding carboxylic acids is 1. The maximum Gasteiger partial charge on any atom is 0.306 e. The van der Waals surface area contributed by atoms with Crippen molar-refractivity contribution >= 4 is 12.0 Å². The van der Waals surface area contributed by atoms with Gasteiger partial charge in [-0.15, -0.1) is 0 Å².